The summed E-state index contributed by atoms with van der Waals surface area (Å²) in [4.78, 5) is 16.5. The van der Waals surface area contributed by atoms with Crippen LogP contribution < -0.4 is 10.1 Å². The van der Waals surface area contributed by atoms with Crippen LogP contribution in [0.1, 0.15) is 30.6 Å². The number of sulfonamides is 1. The fourth-order valence-corrected chi connectivity index (χ4v) is 5.49. The number of aromatic nitrogens is 1. The van der Waals surface area contributed by atoms with E-state index in [1.165, 1.54) is 47.9 Å². The SMILES string of the molecule is COc1ccc(C(=O)Nc2ncccc2O)cc1S(=O)(=O)N1CC(C)CC(C)C1. The van der Waals surface area contributed by atoms with Crippen LogP contribution in [-0.2, 0) is 10.0 Å². The van der Waals surface area contributed by atoms with Crippen molar-refractivity contribution in [1.29, 1.82) is 0 Å². The summed E-state index contributed by atoms with van der Waals surface area (Å²) in [6.07, 6.45) is 2.40. The molecule has 1 saturated heterocycles. The van der Waals surface area contributed by atoms with Crippen LogP contribution in [0.15, 0.2) is 41.4 Å². The van der Waals surface area contributed by atoms with Crippen molar-refractivity contribution < 1.29 is 23.1 Å². The number of anilines is 1. The van der Waals surface area contributed by atoms with E-state index in [2.05, 4.69) is 10.3 Å². The molecule has 8 nitrogen and oxygen atoms in total. The molecule has 0 aliphatic carbocycles. The Morgan fingerprint density at radius 2 is 1.93 bits per heavy atom. The molecule has 0 radical (unpaired) electrons. The van der Waals surface area contributed by atoms with Gasteiger partial charge in [-0.1, -0.05) is 13.8 Å². The third-order valence-electron chi connectivity index (χ3n) is 4.90. The van der Waals surface area contributed by atoms with Gasteiger partial charge < -0.3 is 15.2 Å². The zero-order chi connectivity index (χ0) is 21.2. The molecular weight excluding hydrogens is 394 g/mol. The molecule has 2 atom stereocenters. The van der Waals surface area contributed by atoms with E-state index in [1.54, 1.807) is 0 Å². The predicted octanol–water partition coefficient (Wildman–Crippen LogP) is 2.71. The van der Waals surface area contributed by atoms with Crippen molar-refractivity contribution >= 4 is 21.7 Å². The maximum Gasteiger partial charge on any atom is 0.256 e. The molecule has 2 aromatic rings. The smallest absolute Gasteiger partial charge is 0.256 e. The highest BCUT2D eigenvalue weighted by molar-refractivity contribution is 7.89. The van der Waals surface area contributed by atoms with Crippen molar-refractivity contribution in [2.24, 2.45) is 11.8 Å². The number of amides is 1. The number of nitrogens with zero attached hydrogens (tertiary/aromatic N) is 2. The molecule has 9 heteroatoms. The second-order valence-electron chi connectivity index (χ2n) is 7.46. The normalized spacial score (nSPS) is 20.2. The van der Waals surface area contributed by atoms with Gasteiger partial charge in [0.15, 0.2) is 11.6 Å². The molecule has 0 saturated carbocycles. The topological polar surface area (TPSA) is 109 Å². The average molecular weight is 420 g/mol. The lowest BCUT2D eigenvalue weighted by Crippen LogP contribution is -2.42. The molecule has 1 amide bonds. The zero-order valence-corrected chi connectivity index (χ0v) is 17.4. The van der Waals surface area contributed by atoms with Gasteiger partial charge in [0.1, 0.15) is 10.6 Å². The highest BCUT2D eigenvalue weighted by Crippen LogP contribution is 2.32. The summed E-state index contributed by atoms with van der Waals surface area (Å²) in [5.74, 6) is -0.0993. The van der Waals surface area contributed by atoms with Gasteiger partial charge >= 0.3 is 0 Å². The van der Waals surface area contributed by atoms with Gasteiger partial charge in [-0.2, -0.15) is 4.31 Å². The standard InChI is InChI=1S/C20H25N3O5S/c1-13-9-14(2)12-23(11-13)29(26,27)18-10-15(6-7-17(18)28-3)20(25)22-19-16(24)5-4-8-21-19/h4-8,10,13-14,24H,9,11-12H2,1-3H3,(H,21,22,25). The summed E-state index contributed by atoms with van der Waals surface area (Å²) in [5, 5.41) is 12.3. The molecule has 1 aliphatic heterocycles. The number of carbonyl (C=O) groups is 1. The van der Waals surface area contributed by atoms with Crippen molar-refractivity contribution in [3.8, 4) is 11.5 Å². The molecule has 1 aromatic carbocycles. The van der Waals surface area contributed by atoms with Crippen LogP contribution in [0.2, 0.25) is 0 Å². The summed E-state index contributed by atoms with van der Waals surface area (Å²) >= 11 is 0. The molecule has 0 bridgehead atoms. The third kappa shape index (κ3) is 4.51. The Balaban J connectivity index is 1.94. The van der Waals surface area contributed by atoms with Crippen LogP contribution >= 0.6 is 0 Å². The maximum absolute atomic E-state index is 13.3. The summed E-state index contributed by atoms with van der Waals surface area (Å²) in [7, 11) is -2.45. The molecule has 0 spiro atoms. The molecule has 2 N–H and O–H groups in total. The number of hydrogen-bond donors (Lipinski definition) is 2. The summed E-state index contributed by atoms with van der Waals surface area (Å²) in [6.45, 7) is 4.90. The van der Waals surface area contributed by atoms with Gasteiger partial charge in [0.2, 0.25) is 10.0 Å². The minimum atomic E-state index is -3.84. The Morgan fingerprint density at radius 3 is 2.55 bits per heavy atom. The number of aromatic hydroxyl groups is 1. The second-order valence-corrected chi connectivity index (χ2v) is 9.37. The van der Waals surface area contributed by atoms with Gasteiger partial charge in [0.25, 0.3) is 5.91 Å². The van der Waals surface area contributed by atoms with Crippen LogP contribution in [-0.4, -0.2) is 48.9 Å². The molecule has 2 heterocycles. The van der Waals surface area contributed by atoms with Crippen LogP contribution in [0, 0.1) is 11.8 Å². The van der Waals surface area contributed by atoms with E-state index < -0.39 is 15.9 Å². The molecule has 156 valence electrons. The van der Waals surface area contributed by atoms with Crippen molar-refractivity contribution in [3.63, 3.8) is 0 Å². The lowest BCUT2D eigenvalue weighted by molar-refractivity contribution is 0.102. The van der Waals surface area contributed by atoms with E-state index in [9.17, 15) is 18.3 Å². The monoisotopic (exact) mass is 419 g/mol. The minimum absolute atomic E-state index is 0.00333. The highest BCUT2D eigenvalue weighted by Gasteiger charge is 2.34. The van der Waals surface area contributed by atoms with E-state index in [1.807, 2.05) is 13.8 Å². The number of benzene rings is 1. The number of piperidine rings is 1. The molecule has 1 fully saturated rings. The number of hydrogen-bond acceptors (Lipinski definition) is 6. The Kier molecular flexibility index (Phi) is 6.09. The van der Waals surface area contributed by atoms with Gasteiger partial charge in [-0.25, -0.2) is 13.4 Å². The fraction of sp³-hybridized carbons (Fsp3) is 0.400. The van der Waals surface area contributed by atoms with Gasteiger partial charge in [-0.05, 0) is 48.6 Å². The van der Waals surface area contributed by atoms with E-state index in [-0.39, 0.29) is 39.6 Å². The Hall–Kier alpha value is -2.65. The number of nitrogens with one attached hydrogen (secondary N) is 1. The first-order chi connectivity index (χ1) is 13.7. The summed E-state index contributed by atoms with van der Waals surface area (Å²) in [6, 6.07) is 7.15. The Bertz CT molecular complexity index is 999. The lowest BCUT2D eigenvalue weighted by atomic mass is 9.94. The van der Waals surface area contributed by atoms with E-state index >= 15 is 0 Å². The fourth-order valence-electron chi connectivity index (χ4n) is 3.63. The second kappa shape index (κ2) is 8.38. The van der Waals surface area contributed by atoms with Gasteiger partial charge in [-0.15, -0.1) is 0 Å². The van der Waals surface area contributed by atoms with Gasteiger partial charge in [0, 0.05) is 24.8 Å². The number of methoxy groups -OCH3 is 1. The maximum atomic E-state index is 13.3. The van der Waals surface area contributed by atoms with Crippen molar-refractivity contribution in [2.75, 3.05) is 25.5 Å². The van der Waals surface area contributed by atoms with Crippen LogP contribution in [0.4, 0.5) is 5.82 Å². The third-order valence-corrected chi connectivity index (χ3v) is 6.75. The summed E-state index contributed by atoms with van der Waals surface area (Å²) < 4.78 is 33.3. The Labute approximate surface area is 170 Å². The van der Waals surface area contributed by atoms with Gasteiger partial charge in [0.05, 0.1) is 7.11 Å². The number of carbonyl (C=O) groups excluding carboxylic acids is 1. The number of ether oxygens (including phenoxy) is 1. The van der Waals surface area contributed by atoms with E-state index in [0.29, 0.717) is 13.1 Å². The van der Waals surface area contributed by atoms with Crippen molar-refractivity contribution in [2.45, 2.75) is 25.2 Å². The molecular formula is C20H25N3O5S. The van der Waals surface area contributed by atoms with Crippen LogP contribution in [0.5, 0.6) is 11.5 Å². The first kappa shape index (κ1) is 21.1. The van der Waals surface area contributed by atoms with E-state index in [4.69, 9.17) is 4.74 Å². The molecule has 1 aromatic heterocycles. The van der Waals surface area contributed by atoms with Crippen LogP contribution in [0.25, 0.3) is 0 Å². The highest BCUT2D eigenvalue weighted by atomic mass is 32.2. The van der Waals surface area contributed by atoms with Gasteiger partial charge in [-0.3, -0.25) is 4.79 Å². The average Bonchev–Trinajstić information content (AvgIpc) is 2.68. The number of rotatable bonds is 5. The minimum Gasteiger partial charge on any atom is -0.504 e. The summed E-state index contributed by atoms with van der Waals surface area (Å²) in [5.41, 5.74) is 0.118. The first-order valence-electron chi connectivity index (χ1n) is 9.36. The Morgan fingerprint density at radius 1 is 1.24 bits per heavy atom. The lowest BCUT2D eigenvalue weighted by Gasteiger charge is -2.34. The predicted molar refractivity (Wildman–Crippen MR) is 109 cm³/mol. The number of pyridine rings is 1. The molecule has 1 aliphatic rings. The first-order valence-corrected chi connectivity index (χ1v) is 10.8. The quantitative estimate of drug-likeness (QED) is 0.771. The van der Waals surface area contributed by atoms with E-state index in [0.717, 1.165) is 6.42 Å². The van der Waals surface area contributed by atoms with Crippen molar-refractivity contribution in [3.05, 3.63) is 42.1 Å². The molecule has 3 rings (SSSR count). The van der Waals surface area contributed by atoms with Crippen molar-refractivity contribution in [1.82, 2.24) is 9.29 Å². The van der Waals surface area contributed by atoms with Crippen LogP contribution in [0.3, 0.4) is 0 Å². The molecule has 29 heavy (non-hydrogen) atoms. The molecule has 2 unspecified atom stereocenters. The largest absolute Gasteiger partial charge is 0.504 e. The zero-order valence-electron chi connectivity index (χ0n) is 16.6.